The zero-order valence-corrected chi connectivity index (χ0v) is 21.6. The second kappa shape index (κ2) is 11.5. The highest BCUT2D eigenvalue weighted by Gasteiger charge is 2.40. The zero-order chi connectivity index (χ0) is 25.8. The normalized spacial score (nSPS) is 22.6. The van der Waals surface area contributed by atoms with Crippen molar-refractivity contribution in [3.63, 3.8) is 0 Å². The number of ether oxygens (including phenoxy) is 3. The van der Waals surface area contributed by atoms with Crippen LogP contribution >= 0.6 is 22.9 Å². The van der Waals surface area contributed by atoms with E-state index in [0.29, 0.717) is 35.3 Å². The Morgan fingerprint density at radius 1 is 1.39 bits per heavy atom. The fourth-order valence-corrected chi connectivity index (χ4v) is 5.16. The number of amidine groups is 1. The van der Waals surface area contributed by atoms with E-state index in [2.05, 4.69) is 10.3 Å². The Morgan fingerprint density at radius 2 is 2.19 bits per heavy atom. The zero-order valence-electron chi connectivity index (χ0n) is 20.0. The lowest BCUT2D eigenvalue weighted by Gasteiger charge is -2.39. The van der Waals surface area contributed by atoms with E-state index in [-0.39, 0.29) is 23.7 Å². The molecular formula is C24H26ClFN4O5S. The van der Waals surface area contributed by atoms with Gasteiger partial charge >= 0.3 is 11.9 Å². The third-order valence-electron chi connectivity index (χ3n) is 5.91. The Bertz CT molecular complexity index is 1190. The molecule has 2 aliphatic rings. The second-order valence-corrected chi connectivity index (χ2v) is 9.44. The first-order valence-corrected chi connectivity index (χ1v) is 12.6. The number of morpholine rings is 1. The third kappa shape index (κ3) is 5.44. The Labute approximate surface area is 216 Å². The molecular weight excluding hydrogens is 511 g/mol. The molecule has 1 N–H and O–H groups in total. The summed E-state index contributed by atoms with van der Waals surface area (Å²) >= 11 is 7.77. The van der Waals surface area contributed by atoms with Crippen LogP contribution in [0, 0.1) is 5.82 Å². The number of halogens is 2. The number of carbonyl (C=O) groups is 2. The summed E-state index contributed by atoms with van der Waals surface area (Å²) in [5.74, 6) is -1.12. The maximum absolute atomic E-state index is 13.8. The summed E-state index contributed by atoms with van der Waals surface area (Å²) < 4.78 is 30.0. The van der Waals surface area contributed by atoms with Crippen LogP contribution in [0.2, 0.25) is 5.02 Å². The summed E-state index contributed by atoms with van der Waals surface area (Å²) in [5, 5.41) is 5.75. The number of rotatable bonds is 7. The van der Waals surface area contributed by atoms with Gasteiger partial charge in [0.15, 0.2) is 10.8 Å². The molecule has 2 aliphatic heterocycles. The van der Waals surface area contributed by atoms with Gasteiger partial charge in [0.05, 0.1) is 32.0 Å². The van der Waals surface area contributed by atoms with Crippen molar-refractivity contribution in [2.45, 2.75) is 32.0 Å². The van der Waals surface area contributed by atoms with Crippen LogP contribution in [0.15, 0.2) is 46.0 Å². The minimum absolute atomic E-state index is 0.120. The SMILES string of the molecule is CCOC(=O)C1[C@@H](C)OCCN1CC1=C(C(=O)OC)C(c2ccc(F)cc2Cl)N=C(c2nccs2)N1. The van der Waals surface area contributed by atoms with E-state index in [1.165, 1.54) is 36.6 Å². The predicted octanol–water partition coefficient (Wildman–Crippen LogP) is 3.11. The van der Waals surface area contributed by atoms with Crippen molar-refractivity contribution >= 4 is 40.7 Å². The Kier molecular flexibility index (Phi) is 8.35. The summed E-state index contributed by atoms with van der Waals surface area (Å²) in [5.41, 5.74) is 1.10. The van der Waals surface area contributed by atoms with Crippen LogP contribution in [-0.2, 0) is 23.8 Å². The molecule has 4 rings (SSSR count). The first-order valence-electron chi connectivity index (χ1n) is 11.4. The number of thiazole rings is 1. The van der Waals surface area contributed by atoms with Crippen molar-refractivity contribution in [3.05, 3.63) is 62.5 Å². The van der Waals surface area contributed by atoms with E-state index >= 15 is 0 Å². The molecule has 1 aromatic heterocycles. The third-order valence-corrected chi connectivity index (χ3v) is 7.02. The molecule has 2 aromatic rings. The molecule has 192 valence electrons. The van der Waals surface area contributed by atoms with Gasteiger partial charge in [-0.2, -0.15) is 0 Å². The number of carbonyl (C=O) groups excluding carboxylic acids is 2. The van der Waals surface area contributed by atoms with Gasteiger partial charge in [0.1, 0.15) is 17.9 Å². The van der Waals surface area contributed by atoms with E-state index in [0.717, 1.165) is 0 Å². The van der Waals surface area contributed by atoms with E-state index in [1.54, 1.807) is 25.4 Å². The smallest absolute Gasteiger partial charge is 0.338 e. The van der Waals surface area contributed by atoms with Crippen molar-refractivity contribution < 1.29 is 28.2 Å². The number of aromatic nitrogens is 1. The van der Waals surface area contributed by atoms with Gasteiger partial charge in [-0.25, -0.2) is 14.2 Å². The van der Waals surface area contributed by atoms with Gasteiger partial charge in [-0.3, -0.25) is 14.7 Å². The molecule has 0 bridgehead atoms. The molecule has 0 spiro atoms. The first-order chi connectivity index (χ1) is 17.3. The van der Waals surface area contributed by atoms with E-state index < -0.39 is 35.9 Å². The molecule has 2 unspecified atom stereocenters. The first kappa shape index (κ1) is 26.2. The van der Waals surface area contributed by atoms with Crippen LogP contribution in [0.1, 0.15) is 30.5 Å². The summed E-state index contributed by atoms with van der Waals surface area (Å²) in [6.07, 6.45) is 1.22. The molecule has 36 heavy (non-hydrogen) atoms. The minimum Gasteiger partial charge on any atom is -0.466 e. The summed E-state index contributed by atoms with van der Waals surface area (Å²) in [7, 11) is 1.27. The summed E-state index contributed by atoms with van der Waals surface area (Å²) in [6.45, 7) is 4.78. The van der Waals surface area contributed by atoms with Crippen molar-refractivity contribution in [2.75, 3.05) is 33.4 Å². The number of aliphatic imine (C=N–C) groups is 1. The number of nitrogens with zero attached hydrogens (tertiary/aromatic N) is 3. The van der Waals surface area contributed by atoms with Crippen LogP contribution in [0.25, 0.3) is 0 Å². The van der Waals surface area contributed by atoms with E-state index in [1.807, 2.05) is 4.90 Å². The number of hydrogen-bond acceptors (Lipinski definition) is 10. The van der Waals surface area contributed by atoms with Crippen LogP contribution < -0.4 is 5.32 Å². The second-order valence-electron chi connectivity index (χ2n) is 8.14. The molecule has 0 aliphatic carbocycles. The van der Waals surface area contributed by atoms with Gasteiger partial charge in [0, 0.05) is 40.9 Å². The molecule has 3 heterocycles. The predicted molar refractivity (Wildman–Crippen MR) is 132 cm³/mol. The van der Waals surface area contributed by atoms with Gasteiger partial charge in [0.2, 0.25) is 0 Å². The van der Waals surface area contributed by atoms with Crippen LogP contribution in [0.4, 0.5) is 4.39 Å². The van der Waals surface area contributed by atoms with Crippen molar-refractivity contribution in [3.8, 4) is 0 Å². The molecule has 12 heteroatoms. The summed E-state index contributed by atoms with van der Waals surface area (Å²) in [6, 6.07) is 2.36. The van der Waals surface area contributed by atoms with Gasteiger partial charge in [-0.15, -0.1) is 11.3 Å². The minimum atomic E-state index is -0.889. The highest BCUT2D eigenvalue weighted by Crippen LogP contribution is 2.37. The molecule has 0 radical (unpaired) electrons. The van der Waals surface area contributed by atoms with Crippen molar-refractivity contribution in [1.29, 1.82) is 0 Å². The molecule has 9 nitrogen and oxygen atoms in total. The fraction of sp³-hybridized carbons (Fsp3) is 0.417. The molecule has 0 saturated carbocycles. The molecule has 1 aromatic carbocycles. The Morgan fingerprint density at radius 3 is 2.86 bits per heavy atom. The summed E-state index contributed by atoms with van der Waals surface area (Å²) in [4.78, 5) is 36.9. The average Bonchev–Trinajstić information content (AvgIpc) is 3.38. The number of hydrogen-bond donors (Lipinski definition) is 1. The van der Waals surface area contributed by atoms with Gasteiger partial charge in [0.25, 0.3) is 0 Å². The lowest BCUT2D eigenvalue weighted by atomic mass is 9.94. The lowest BCUT2D eigenvalue weighted by molar-refractivity contribution is -0.161. The topological polar surface area (TPSA) is 102 Å². The average molecular weight is 537 g/mol. The monoisotopic (exact) mass is 536 g/mol. The maximum atomic E-state index is 13.8. The van der Waals surface area contributed by atoms with Gasteiger partial charge in [-0.1, -0.05) is 17.7 Å². The quantitative estimate of drug-likeness (QED) is 0.539. The molecule has 0 amide bonds. The van der Waals surface area contributed by atoms with Gasteiger partial charge < -0.3 is 19.5 Å². The van der Waals surface area contributed by atoms with Gasteiger partial charge in [-0.05, 0) is 26.0 Å². The van der Waals surface area contributed by atoms with Crippen LogP contribution in [0.5, 0.6) is 0 Å². The maximum Gasteiger partial charge on any atom is 0.338 e. The Balaban J connectivity index is 1.81. The van der Waals surface area contributed by atoms with E-state index in [9.17, 15) is 14.0 Å². The largest absolute Gasteiger partial charge is 0.466 e. The van der Waals surface area contributed by atoms with Crippen molar-refractivity contribution in [1.82, 2.24) is 15.2 Å². The molecule has 3 atom stereocenters. The van der Waals surface area contributed by atoms with Crippen LogP contribution in [0.3, 0.4) is 0 Å². The lowest BCUT2D eigenvalue weighted by Crippen LogP contribution is -2.56. The van der Waals surface area contributed by atoms with E-state index in [4.69, 9.17) is 30.8 Å². The number of esters is 2. The Hall–Kier alpha value is -2.86. The molecule has 1 fully saturated rings. The highest BCUT2D eigenvalue weighted by atomic mass is 35.5. The van der Waals surface area contributed by atoms with Crippen LogP contribution in [-0.4, -0.2) is 73.2 Å². The number of benzene rings is 1. The fourth-order valence-electron chi connectivity index (χ4n) is 4.30. The molecule has 1 saturated heterocycles. The number of nitrogens with one attached hydrogen (secondary N) is 1. The van der Waals surface area contributed by atoms with Crippen molar-refractivity contribution in [2.24, 2.45) is 4.99 Å². The highest BCUT2D eigenvalue weighted by molar-refractivity contribution is 7.11. The standard InChI is InChI=1S/C24H26ClFN4O5S/c1-4-34-24(32)20-13(2)35-9-8-30(20)12-17-18(23(31)33-3)19(15-6-5-14(26)11-16(15)25)29-21(28-17)22-27-7-10-36-22/h5-7,10-11,13,19-20H,4,8-9,12H2,1-3H3,(H,28,29)/t13-,19?,20?/m1/s1. The number of methoxy groups -OCH3 is 1.